The molecule has 0 saturated carbocycles. The fourth-order valence-corrected chi connectivity index (χ4v) is 2.62. The van der Waals surface area contributed by atoms with Crippen molar-refractivity contribution in [3.05, 3.63) is 0 Å². The number of nitrogens with zero attached hydrogens (tertiary/aromatic N) is 1. The van der Waals surface area contributed by atoms with Gasteiger partial charge in [0, 0.05) is 12.6 Å². The van der Waals surface area contributed by atoms with Crippen LogP contribution in [0.1, 0.15) is 26.7 Å². The molecule has 72 valence electrons. The van der Waals surface area contributed by atoms with Gasteiger partial charge in [-0.2, -0.15) is 0 Å². The minimum Gasteiger partial charge on any atom is -0.330 e. The van der Waals surface area contributed by atoms with Crippen molar-refractivity contribution in [1.82, 2.24) is 4.90 Å². The SMILES string of the molecule is CCC1C(C)CC(CN)CN1C. The summed E-state index contributed by atoms with van der Waals surface area (Å²) in [5.41, 5.74) is 5.69. The summed E-state index contributed by atoms with van der Waals surface area (Å²) in [7, 11) is 2.23. The van der Waals surface area contributed by atoms with E-state index in [2.05, 4.69) is 25.8 Å². The zero-order valence-electron chi connectivity index (χ0n) is 8.59. The Kier molecular flexibility index (Phi) is 3.53. The van der Waals surface area contributed by atoms with Crippen molar-refractivity contribution in [1.29, 1.82) is 0 Å². The first-order valence-corrected chi connectivity index (χ1v) is 5.09. The van der Waals surface area contributed by atoms with E-state index in [1.54, 1.807) is 0 Å². The number of rotatable bonds is 2. The topological polar surface area (TPSA) is 29.3 Å². The van der Waals surface area contributed by atoms with Gasteiger partial charge >= 0.3 is 0 Å². The summed E-state index contributed by atoms with van der Waals surface area (Å²) in [6.45, 7) is 6.68. The first-order valence-electron chi connectivity index (χ1n) is 5.09. The first-order chi connectivity index (χ1) is 5.69. The van der Waals surface area contributed by atoms with Crippen molar-refractivity contribution in [2.75, 3.05) is 20.1 Å². The highest BCUT2D eigenvalue weighted by molar-refractivity contribution is 4.83. The van der Waals surface area contributed by atoms with Crippen LogP contribution in [0.5, 0.6) is 0 Å². The van der Waals surface area contributed by atoms with E-state index >= 15 is 0 Å². The van der Waals surface area contributed by atoms with Crippen LogP contribution in [0.25, 0.3) is 0 Å². The molecule has 0 aromatic rings. The van der Waals surface area contributed by atoms with Crippen LogP contribution in [0.2, 0.25) is 0 Å². The third-order valence-electron chi connectivity index (χ3n) is 3.23. The normalized spacial score (nSPS) is 38.5. The van der Waals surface area contributed by atoms with Gasteiger partial charge in [0.1, 0.15) is 0 Å². The quantitative estimate of drug-likeness (QED) is 0.677. The number of hydrogen-bond acceptors (Lipinski definition) is 2. The first kappa shape index (κ1) is 10.0. The van der Waals surface area contributed by atoms with E-state index in [0.29, 0.717) is 0 Å². The molecule has 2 heteroatoms. The Labute approximate surface area is 76.1 Å². The molecule has 0 spiro atoms. The van der Waals surface area contributed by atoms with Crippen LogP contribution in [-0.4, -0.2) is 31.1 Å². The van der Waals surface area contributed by atoms with Crippen molar-refractivity contribution in [2.24, 2.45) is 17.6 Å². The molecule has 0 amide bonds. The second-order valence-electron chi connectivity index (χ2n) is 4.23. The summed E-state index contributed by atoms with van der Waals surface area (Å²) in [5.74, 6) is 1.55. The van der Waals surface area contributed by atoms with E-state index in [-0.39, 0.29) is 0 Å². The number of likely N-dealkylation sites (tertiary alicyclic amines) is 1. The van der Waals surface area contributed by atoms with Gasteiger partial charge in [-0.05, 0) is 38.3 Å². The lowest BCUT2D eigenvalue weighted by atomic mass is 9.83. The Balaban J connectivity index is 2.51. The molecule has 1 heterocycles. The maximum Gasteiger partial charge on any atom is 0.0115 e. The average Bonchev–Trinajstić information content (AvgIpc) is 2.03. The summed E-state index contributed by atoms with van der Waals surface area (Å²) in [5, 5.41) is 0. The fourth-order valence-electron chi connectivity index (χ4n) is 2.62. The number of hydrogen-bond donors (Lipinski definition) is 1. The van der Waals surface area contributed by atoms with Crippen LogP contribution in [0.15, 0.2) is 0 Å². The molecule has 0 aromatic heterocycles. The van der Waals surface area contributed by atoms with Gasteiger partial charge < -0.3 is 10.6 Å². The lowest BCUT2D eigenvalue weighted by molar-refractivity contribution is 0.0875. The van der Waals surface area contributed by atoms with Gasteiger partial charge in [0.15, 0.2) is 0 Å². The largest absolute Gasteiger partial charge is 0.330 e. The molecule has 12 heavy (non-hydrogen) atoms. The molecule has 1 fully saturated rings. The minimum atomic E-state index is 0.729. The average molecular weight is 170 g/mol. The van der Waals surface area contributed by atoms with Crippen LogP contribution in [-0.2, 0) is 0 Å². The Hall–Kier alpha value is -0.0800. The van der Waals surface area contributed by atoms with Crippen LogP contribution in [0.4, 0.5) is 0 Å². The van der Waals surface area contributed by atoms with Gasteiger partial charge in [-0.25, -0.2) is 0 Å². The monoisotopic (exact) mass is 170 g/mol. The Morgan fingerprint density at radius 2 is 2.17 bits per heavy atom. The zero-order valence-corrected chi connectivity index (χ0v) is 8.59. The third-order valence-corrected chi connectivity index (χ3v) is 3.23. The van der Waals surface area contributed by atoms with Crippen LogP contribution >= 0.6 is 0 Å². The second kappa shape index (κ2) is 4.24. The summed E-state index contributed by atoms with van der Waals surface area (Å²) in [6, 6.07) is 0.785. The van der Waals surface area contributed by atoms with Gasteiger partial charge in [-0.3, -0.25) is 0 Å². The van der Waals surface area contributed by atoms with Crippen molar-refractivity contribution in [2.45, 2.75) is 32.7 Å². The molecule has 3 unspecified atom stereocenters. The van der Waals surface area contributed by atoms with Crippen LogP contribution in [0.3, 0.4) is 0 Å². The molecule has 2 nitrogen and oxygen atoms in total. The molecular weight excluding hydrogens is 148 g/mol. The number of piperidine rings is 1. The van der Waals surface area contributed by atoms with Crippen molar-refractivity contribution in [3.63, 3.8) is 0 Å². The zero-order chi connectivity index (χ0) is 9.14. The standard InChI is InChI=1S/C10H22N2/c1-4-10-8(2)5-9(6-11)7-12(10)3/h8-10H,4-7,11H2,1-3H3. The number of nitrogens with two attached hydrogens (primary N) is 1. The highest BCUT2D eigenvalue weighted by Gasteiger charge is 2.29. The fraction of sp³-hybridized carbons (Fsp3) is 1.00. The predicted octanol–water partition coefficient (Wildman–Crippen LogP) is 1.31. The van der Waals surface area contributed by atoms with Crippen molar-refractivity contribution in [3.8, 4) is 0 Å². The molecule has 0 radical (unpaired) electrons. The Bertz CT molecular complexity index is 124. The lowest BCUT2D eigenvalue weighted by Crippen LogP contribution is -2.46. The van der Waals surface area contributed by atoms with Crippen molar-refractivity contribution >= 4 is 0 Å². The van der Waals surface area contributed by atoms with E-state index in [1.165, 1.54) is 19.4 Å². The van der Waals surface area contributed by atoms with Gasteiger partial charge in [-0.15, -0.1) is 0 Å². The van der Waals surface area contributed by atoms with E-state index in [9.17, 15) is 0 Å². The molecule has 1 aliphatic heterocycles. The summed E-state index contributed by atoms with van der Waals surface area (Å²) in [6.07, 6.45) is 2.59. The van der Waals surface area contributed by atoms with Gasteiger partial charge in [0.05, 0.1) is 0 Å². The van der Waals surface area contributed by atoms with Gasteiger partial charge in [0.2, 0.25) is 0 Å². The Morgan fingerprint density at radius 1 is 1.50 bits per heavy atom. The lowest BCUT2D eigenvalue weighted by Gasteiger charge is -2.41. The molecule has 1 rings (SSSR count). The van der Waals surface area contributed by atoms with E-state index in [4.69, 9.17) is 5.73 Å². The van der Waals surface area contributed by atoms with Crippen LogP contribution in [0, 0.1) is 11.8 Å². The molecule has 2 N–H and O–H groups in total. The summed E-state index contributed by atoms with van der Waals surface area (Å²) >= 11 is 0. The molecular formula is C10H22N2. The Morgan fingerprint density at radius 3 is 2.58 bits per heavy atom. The molecule has 0 aliphatic carbocycles. The molecule has 1 saturated heterocycles. The molecule has 1 aliphatic rings. The molecule has 3 atom stereocenters. The molecule has 0 bridgehead atoms. The van der Waals surface area contributed by atoms with Crippen LogP contribution < -0.4 is 5.73 Å². The maximum atomic E-state index is 5.69. The third kappa shape index (κ3) is 1.99. The summed E-state index contributed by atoms with van der Waals surface area (Å²) < 4.78 is 0. The van der Waals surface area contributed by atoms with Gasteiger partial charge in [-0.1, -0.05) is 13.8 Å². The highest BCUT2D eigenvalue weighted by Crippen LogP contribution is 2.27. The second-order valence-corrected chi connectivity index (χ2v) is 4.23. The highest BCUT2D eigenvalue weighted by atomic mass is 15.1. The van der Waals surface area contributed by atoms with E-state index in [0.717, 1.165) is 24.4 Å². The van der Waals surface area contributed by atoms with E-state index < -0.39 is 0 Å². The summed E-state index contributed by atoms with van der Waals surface area (Å²) in [4.78, 5) is 2.48. The maximum absolute atomic E-state index is 5.69. The van der Waals surface area contributed by atoms with E-state index in [1.807, 2.05) is 0 Å². The van der Waals surface area contributed by atoms with Gasteiger partial charge in [0.25, 0.3) is 0 Å². The predicted molar refractivity (Wildman–Crippen MR) is 53.0 cm³/mol. The minimum absolute atomic E-state index is 0.729. The molecule has 0 aromatic carbocycles. The smallest absolute Gasteiger partial charge is 0.0115 e. The van der Waals surface area contributed by atoms with Crippen molar-refractivity contribution < 1.29 is 0 Å².